The first-order chi connectivity index (χ1) is 10.6. The summed E-state index contributed by atoms with van der Waals surface area (Å²) in [5.74, 6) is 0.764. The third-order valence-corrected chi connectivity index (χ3v) is 5.23. The molecule has 0 radical (unpaired) electrons. The van der Waals surface area contributed by atoms with Gasteiger partial charge in [0.25, 0.3) is 0 Å². The maximum Gasteiger partial charge on any atom is 0.223 e. The Labute approximate surface area is 156 Å². The normalized spacial score (nSPS) is 23.1. The Balaban J connectivity index is 0.00000484. The van der Waals surface area contributed by atoms with Crippen LogP contribution >= 0.6 is 0 Å². The van der Waals surface area contributed by atoms with Crippen molar-refractivity contribution < 1.29 is 27.5 Å². The number of quaternary nitrogens is 1. The van der Waals surface area contributed by atoms with Crippen molar-refractivity contribution in [2.45, 2.75) is 122 Å². The van der Waals surface area contributed by atoms with Crippen LogP contribution in [-0.2, 0) is 4.74 Å². The molecule has 0 aromatic carbocycles. The van der Waals surface area contributed by atoms with Crippen molar-refractivity contribution in [3.8, 4) is 0 Å². The second-order valence-electron chi connectivity index (χ2n) is 7.72. The number of halogens is 1. The van der Waals surface area contributed by atoms with E-state index in [1.165, 1.54) is 89.9 Å². The van der Waals surface area contributed by atoms with Crippen LogP contribution in [0.4, 0.5) is 0 Å². The molecule has 2 unspecified atom stereocenters. The van der Waals surface area contributed by atoms with Gasteiger partial charge in [-0.15, -0.1) is 0 Å². The van der Waals surface area contributed by atoms with Crippen LogP contribution < -0.4 is 22.7 Å². The first-order valence-electron chi connectivity index (χ1n) is 10.1. The van der Waals surface area contributed by atoms with Crippen LogP contribution in [-0.4, -0.2) is 11.8 Å². The van der Waals surface area contributed by atoms with Gasteiger partial charge in [0.2, 0.25) is 5.72 Å². The van der Waals surface area contributed by atoms with Crippen LogP contribution in [0.5, 0.6) is 0 Å². The average Bonchev–Trinajstić information content (AvgIpc) is 3.12. The zero-order valence-corrected chi connectivity index (χ0v) is 17.6. The van der Waals surface area contributed by atoms with E-state index in [4.69, 9.17) is 4.74 Å². The van der Waals surface area contributed by atoms with Gasteiger partial charge in [0, 0.05) is 6.92 Å². The summed E-state index contributed by atoms with van der Waals surface area (Å²) < 4.78 is 5.85. The molecule has 3 N–H and O–H groups in total. The van der Waals surface area contributed by atoms with E-state index in [9.17, 15) is 0 Å². The largest absolute Gasteiger partial charge is 1.00 e. The summed E-state index contributed by atoms with van der Waals surface area (Å²) >= 11 is 0. The zero-order valence-electron chi connectivity index (χ0n) is 16.0. The van der Waals surface area contributed by atoms with Gasteiger partial charge in [0.05, 0.1) is 0 Å². The molecule has 0 aliphatic carbocycles. The van der Waals surface area contributed by atoms with E-state index in [-0.39, 0.29) is 22.7 Å². The molecule has 0 aromatic rings. The van der Waals surface area contributed by atoms with E-state index in [1.807, 2.05) is 0 Å². The SMILES string of the molecule is CCCCCCCCC(CCCCCCCC)C1OC1(C)[NH3+].[Br-]. The molecule has 0 amide bonds. The molecule has 2 nitrogen and oxygen atoms in total. The summed E-state index contributed by atoms with van der Waals surface area (Å²) in [4.78, 5) is 0. The van der Waals surface area contributed by atoms with Gasteiger partial charge in [-0.25, -0.2) is 0 Å². The maximum atomic E-state index is 5.85. The molecule has 0 bridgehead atoms. The van der Waals surface area contributed by atoms with Crippen molar-refractivity contribution >= 4 is 0 Å². The predicted octanol–water partition coefficient (Wildman–Crippen LogP) is 2.46. The highest BCUT2D eigenvalue weighted by Crippen LogP contribution is 2.39. The molecule has 23 heavy (non-hydrogen) atoms. The van der Waals surface area contributed by atoms with Crippen molar-refractivity contribution in [1.82, 2.24) is 0 Å². The van der Waals surface area contributed by atoms with Gasteiger partial charge in [0.1, 0.15) is 6.10 Å². The Morgan fingerprint density at radius 1 is 0.783 bits per heavy atom. The number of epoxide rings is 1. The lowest BCUT2D eigenvalue weighted by Crippen LogP contribution is -3.00. The number of hydrogen-bond donors (Lipinski definition) is 1. The summed E-state index contributed by atoms with van der Waals surface area (Å²) in [6.45, 7) is 6.74. The highest BCUT2D eigenvalue weighted by Gasteiger charge is 2.57. The summed E-state index contributed by atoms with van der Waals surface area (Å²) in [5, 5.41) is 0. The zero-order chi connectivity index (χ0) is 16.3. The predicted molar refractivity (Wildman–Crippen MR) is 95.6 cm³/mol. The van der Waals surface area contributed by atoms with E-state index >= 15 is 0 Å². The van der Waals surface area contributed by atoms with Gasteiger partial charge in [-0.2, -0.15) is 0 Å². The second kappa shape index (κ2) is 13.7. The summed E-state index contributed by atoms with van der Waals surface area (Å²) in [7, 11) is 0. The molecule has 0 spiro atoms. The van der Waals surface area contributed by atoms with Crippen molar-refractivity contribution in [3.05, 3.63) is 0 Å². The summed E-state index contributed by atoms with van der Waals surface area (Å²) in [6.07, 6.45) is 19.9. The van der Waals surface area contributed by atoms with Crippen molar-refractivity contribution in [2.24, 2.45) is 5.92 Å². The van der Waals surface area contributed by atoms with Gasteiger partial charge in [0.15, 0.2) is 0 Å². The fraction of sp³-hybridized carbons (Fsp3) is 1.00. The Hall–Kier alpha value is 0.400. The molecular weight excluding hydrogens is 350 g/mol. The lowest BCUT2D eigenvalue weighted by molar-refractivity contribution is -0.464. The van der Waals surface area contributed by atoms with E-state index < -0.39 is 0 Å². The fourth-order valence-corrected chi connectivity index (χ4v) is 3.67. The average molecular weight is 392 g/mol. The molecule has 3 heteroatoms. The molecule has 2 atom stereocenters. The van der Waals surface area contributed by atoms with Crippen LogP contribution in [0, 0.1) is 5.92 Å². The van der Waals surface area contributed by atoms with Gasteiger partial charge in [-0.3, -0.25) is 0 Å². The number of hydrogen-bond acceptors (Lipinski definition) is 1. The van der Waals surface area contributed by atoms with Crippen LogP contribution in [0.25, 0.3) is 0 Å². The van der Waals surface area contributed by atoms with E-state index in [0.29, 0.717) is 6.10 Å². The van der Waals surface area contributed by atoms with Crippen LogP contribution in [0.3, 0.4) is 0 Å². The second-order valence-corrected chi connectivity index (χ2v) is 7.72. The lowest BCUT2D eigenvalue weighted by Gasteiger charge is -2.14. The van der Waals surface area contributed by atoms with Gasteiger partial charge >= 0.3 is 0 Å². The number of rotatable bonds is 15. The first-order valence-corrected chi connectivity index (χ1v) is 10.1. The molecule has 1 fully saturated rings. The minimum Gasteiger partial charge on any atom is -1.00 e. The van der Waals surface area contributed by atoms with E-state index in [1.54, 1.807) is 0 Å². The first kappa shape index (κ1) is 23.4. The Kier molecular flexibility index (Phi) is 13.9. The molecular formula is C20H42BrNO. The molecule has 1 saturated heterocycles. The summed E-state index contributed by atoms with van der Waals surface area (Å²) in [6, 6.07) is 0. The third kappa shape index (κ3) is 10.8. The standard InChI is InChI=1S/C20H41NO.BrH/c1-4-6-8-10-12-14-16-18(19-20(3,21)22-19)17-15-13-11-9-7-5-2;/h18-19H,4-17,21H2,1-3H3;1H. The quantitative estimate of drug-likeness (QED) is 0.338. The maximum absolute atomic E-state index is 5.85. The Morgan fingerprint density at radius 3 is 1.48 bits per heavy atom. The summed E-state index contributed by atoms with van der Waals surface area (Å²) in [5.41, 5.74) is 4.13. The molecule has 0 saturated carbocycles. The molecule has 140 valence electrons. The van der Waals surface area contributed by atoms with Crippen LogP contribution in [0.15, 0.2) is 0 Å². The highest BCUT2D eigenvalue weighted by molar-refractivity contribution is 4.92. The van der Waals surface area contributed by atoms with Crippen molar-refractivity contribution in [2.75, 3.05) is 0 Å². The van der Waals surface area contributed by atoms with Crippen molar-refractivity contribution in [1.29, 1.82) is 0 Å². The van der Waals surface area contributed by atoms with Gasteiger partial charge in [-0.05, 0) is 18.8 Å². The fourth-order valence-electron chi connectivity index (χ4n) is 3.67. The minimum absolute atomic E-state index is 0. The van der Waals surface area contributed by atoms with Gasteiger partial charge in [-0.1, -0.05) is 90.9 Å². The third-order valence-electron chi connectivity index (χ3n) is 5.23. The smallest absolute Gasteiger partial charge is 0.223 e. The Morgan fingerprint density at radius 2 is 1.13 bits per heavy atom. The molecule has 1 heterocycles. The molecule has 0 aromatic heterocycles. The van der Waals surface area contributed by atoms with Crippen molar-refractivity contribution in [3.63, 3.8) is 0 Å². The number of ether oxygens (including phenoxy) is 1. The van der Waals surface area contributed by atoms with Gasteiger partial charge < -0.3 is 27.5 Å². The molecule has 1 rings (SSSR count). The molecule has 1 aliphatic heterocycles. The number of unbranched alkanes of at least 4 members (excludes halogenated alkanes) is 10. The Bertz CT molecular complexity index is 254. The van der Waals surface area contributed by atoms with E-state index in [2.05, 4.69) is 26.5 Å². The highest BCUT2D eigenvalue weighted by atomic mass is 79.9. The van der Waals surface area contributed by atoms with Crippen LogP contribution in [0.2, 0.25) is 0 Å². The topological polar surface area (TPSA) is 40.2 Å². The monoisotopic (exact) mass is 391 g/mol. The minimum atomic E-state index is -0.0743. The van der Waals surface area contributed by atoms with E-state index in [0.717, 1.165) is 5.92 Å². The lowest BCUT2D eigenvalue weighted by atomic mass is 9.89. The molecule has 1 aliphatic rings. The van der Waals surface area contributed by atoms with Crippen LogP contribution in [0.1, 0.15) is 111 Å².